The molecule has 4 rings (SSSR count). The molecule has 23 heavy (non-hydrogen) atoms. The lowest BCUT2D eigenvalue weighted by atomic mass is 9.84. The van der Waals surface area contributed by atoms with Crippen LogP contribution in [0.3, 0.4) is 0 Å². The van der Waals surface area contributed by atoms with Crippen molar-refractivity contribution in [1.82, 2.24) is 14.5 Å². The molecule has 0 unspecified atom stereocenters. The SMILES string of the molecule is Cc1cnc(C2CCC2)n1C1CCN(C(=O)c2ccoc2)CC1. The van der Waals surface area contributed by atoms with Crippen molar-refractivity contribution in [3.8, 4) is 0 Å². The third-order valence-electron chi connectivity index (χ3n) is 5.37. The summed E-state index contributed by atoms with van der Waals surface area (Å²) < 4.78 is 7.47. The minimum absolute atomic E-state index is 0.0822. The third-order valence-corrected chi connectivity index (χ3v) is 5.37. The molecule has 2 fully saturated rings. The largest absolute Gasteiger partial charge is 0.472 e. The van der Waals surface area contributed by atoms with Crippen LogP contribution in [0.2, 0.25) is 0 Å². The Morgan fingerprint density at radius 1 is 1.26 bits per heavy atom. The molecule has 1 saturated carbocycles. The van der Waals surface area contributed by atoms with Crippen molar-refractivity contribution in [2.45, 2.75) is 51.0 Å². The molecule has 0 N–H and O–H groups in total. The van der Waals surface area contributed by atoms with Gasteiger partial charge in [0.15, 0.2) is 0 Å². The van der Waals surface area contributed by atoms with Crippen molar-refractivity contribution < 1.29 is 9.21 Å². The molecule has 0 spiro atoms. The lowest BCUT2D eigenvalue weighted by Gasteiger charge is -2.35. The van der Waals surface area contributed by atoms with Crippen molar-refractivity contribution in [3.05, 3.63) is 41.9 Å². The Morgan fingerprint density at radius 3 is 2.65 bits per heavy atom. The molecular weight excluding hydrogens is 290 g/mol. The summed E-state index contributed by atoms with van der Waals surface area (Å²) in [4.78, 5) is 19.0. The van der Waals surface area contributed by atoms with E-state index in [1.54, 1.807) is 12.3 Å². The summed E-state index contributed by atoms with van der Waals surface area (Å²) in [5.74, 6) is 2.00. The van der Waals surface area contributed by atoms with Crippen LogP contribution in [0, 0.1) is 6.92 Å². The fourth-order valence-corrected chi connectivity index (χ4v) is 3.80. The van der Waals surface area contributed by atoms with Gasteiger partial charge >= 0.3 is 0 Å². The van der Waals surface area contributed by atoms with Crippen LogP contribution in [-0.4, -0.2) is 33.4 Å². The lowest BCUT2D eigenvalue weighted by Crippen LogP contribution is -2.39. The maximum Gasteiger partial charge on any atom is 0.257 e. The molecular formula is C18H23N3O2. The van der Waals surface area contributed by atoms with E-state index in [1.807, 2.05) is 11.1 Å². The standard InChI is InChI=1S/C18H23N3O2/c1-13-11-19-17(14-3-2-4-14)21(13)16-5-8-20(9-6-16)18(22)15-7-10-23-12-15/h7,10-12,14,16H,2-6,8-9H2,1H3. The molecule has 0 aromatic carbocycles. The summed E-state index contributed by atoms with van der Waals surface area (Å²) in [6.07, 6.45) is 11.0. The van der Waals surface area contributed by atoms with Crippen LogP contribution < -0.4 is 0 Å². The molecule has 1 amide bonds. The second kappa shape index (κ2) is 5.87. The van der Waals surface area contributed by atoms with E-state index in [-0.39, 0.29) is 5.91 Å². The highest BCUT2D eigenvalue weighted by molar-refractivity contribution is 5.93. The van der Waals surface area contributed by atoms with Crippen LogP contribution >= 0.6 is 0 Å². The first-order valence-electron chi connectivity index (χ1n) is 8.59. The summed E-state index contributed by atoms with van der Waals surface area (Å²) in [7, 11) is 0. The van der Waals surface area contributed by atoms with Crippen LogP contribution in [0.25, 0.3) is 0 Å². The predicted octanol–water partition coefficient (Wildman–Crippen LogP) is 3.53. The van der Waals surface area contributed by atoms with Gasteiger partial charge < -0.3 is 13.9 Å². The van der Waals surface area contributed by atoms with Crippen LogP contribution in [0.4, 0.5) is 0 Å². The minimum Gasteiger partial charge on any atom is -0.472 e. The molecule has 122 valence electrons. The van der Waals surface area contributed by atoms with Gasteiger partial charge in [0.2, 0.25) is 0 Å². The number of aryl methyl sites for hydroxylation is 1. The number of hydrogen-bond acceptors (Lipinski definition) is 3. The van der Waals surface area contributed by atoms with Crippen molar-refractivity contribution >= 4 is 5.91 Å². The first-order chi connectivity index (χ1) is 11.2. The Hall–Kier alpha value is -2.04. The molecule has 0 bridgehead atoms. The second-order valence-corrected chi connectivity index (χ2v) is 6.79. The van der Waals surface area contributed by atoms with E-state index in [0.29, 0.717) is 17.5 Å². The molecule has 2 aromatic heterocycles. The summed E-state index contributed by atoms with van der Waals surface area (Å²) in [5, 5.41) is 0. The monoisotopic (exact) mass is 313 g/mol. The molecule has 0 atom stereocenters. The quantitative estimate of drug-likeness (QED) is 0.871. The number of hydrogen-bond donors (Lipinski definition) is 0. The maximum atomic E-state index is 12.4. The molecule has 0 radical (unpaired) electrons. The fourth-order valence-electron chi connectivity index (χ4n) is 3.80. The van der Waals surface area contributed by atoms with Gasteiger partial charge in [-0.05, 0) is 38.7 Å². The second-order valence-electron chi connectivity index (χ2n) is 6.79. The number of carbonyl (C=O) groups is 1. The highest BCUT2D eigenvalue weighted by Crippen LogP contribution is 2.38. The molecule has 5 heteroatoms. The highest BCUT2D eigenvalue weighted by Gasteiger charge is 2.30. The highest BCUT2D eigenvalue weighted by atomic mass is 16.3. The van der Waals surface area contributed by atoms with Crippen molar-refractivity contribution in [3.63, 3.8) is 0 Å². The van der Waals surface area contributed by atoms with Gasteiger partial charge in [-0.2, -0.15) is 0 Å². The zero-order valence-electron chi connectivity index (χ0n) is 13.6. The van der Waals surface area contributed by atoms with Crippen LogP contribution in [0.5, 0.6) is 0 Å². The Bertz CT molecular complexity index is 677. The summed E-state index contributed by atoms with van der Waals surface area (Å²) >= 11 is 0. The number of piperidine rings is 1. The zero-order chi connectivity index (χ0) is 15.8. The first-order valence-corrected chi connectivity index (χ1v) is 8.59. The Morgan fingerprint density at radius 2 is 2.04 bits per heavy atom. The maximum absolute atomic E-state index is 12.4. The van der Waals surface area contributed by atoms with Crippen LogP contribution in [0.15, 0.2) is 29.2 Å². The molecule has 2 aliphatic rings. The first kappa shape index (κ1) is 14.5. The average Bonchev–Trinajstić information content (AvgIpc) is 3.16. The number of likely N-dealkylation sites (tertiary alicyclic amines) is 1. The minimum atomic E-state index is 0.0822. The normalized spacial score (nSPS) is 19.8. The molecule has 3 heterocycles. The van der Waals surface area contributed by atoms with E-state index in [0.717, 1.165) is 25.9 Å². The topological polar surface area (TPSA) is 51.3 Å². The van der Waals surface area contributed by atoms with Gasteiger partial charge in [0.25, 0.3) is 5.91 Å². The van der Waals surface area contributed by atoms with Gasteiger partial charge in [-0.15, -0.1) is 0 Å². The Balaban J connectivity index is 1.46. The summed E-state index contributed by atoms with van der Waals surface area (Å²) in [6, 6.07) is 2.21. The lowest BCUT2D eigenvalue weighted by molar-refractivity contribution is 0.0691. The molecule has 2 aromatic rings. The number of nitrogens with zero attached hydrogens (tertiary/aromatic N) is 3. The Kier molecular flexibility index (Phi) is 3.71. The zero-order valence-corrected chi connectivity index (χ0v) is 13.6. The predicted molar refractivity (Wildman–Crippen MR) is 86.4 cm³/mol. The molecule has 1 aliphatic heterocycles. The smallest absolute Gasteiger partial charge is 0.257 e. The van der Waals surface area contributed by atoms with E-state index >= 15 is 0 Å². The molecule has 1 saturated heterocycles. The number of rotatable bonds is 3. The van der Waals surface area contributed by atoms with Gasteiger partial charge in [-0.1, -0.05) is 6.42 Å². The van der Waals surface area contributed by atoms with E-state index in [9.17, 15) is 4.79 Å². The molecule has 5 nitrogen and oxygen atoms in total. The number of aromatic nitrogens is 2. The number of imidazole rings is 1. The van der Waals surface area contributed by atoms with E-state index in [4.69, 9.17) is 4.42 Å². The number of furan rings is 1. The van der Waals surface area contributed by atoms with Crippen LogP contribution in [-0.2, 0) is 0 Å². The Labute approximate surface area is 136 Å². The van der Waals surface area contributed by atoms with E-state index < -0.39 is 0 Å². The van der Waals surface area contributed by atoms with Crippen LogP contribution in [0.1, 0.15) is 65.9 Å². The summed E-state index contributed by atoms with van der Waals surface area (Å²) in [6.45, 7) is 3.75. The molecule has 1 aliphatic carbocycles. The summed E-state index contributed by atoms with van der Waals surface area (Å²) in [5.41, 5.74) is 1.91. The number of amides is 1. The van der Waals surface area contributed by atoms with Gasteiger partial charge in [0, 0.05) is 36.9 Å². The third kappa shape index (κ3) is 2.58. The van der Waals surface area contributed by atoms with Crippen molar-refractivity contribution in [2.24, 2.45) is 0 Å². The fraction of sp³-hybridized carbons (Fsp3) is 0.556. The van der Waals surface area contributed by atoms with Crippen molar-refractivity contribution in [1.29, 1.82) is 0 Å². The van der Waals surface area contributed by atoms with Gasteiger partial charge in [0.1, 0.15) is 12.1 Å². The van der Waals surface area contributed by atoms with Gasteiger partial charge in [-0.25, -0.2) is 4.98 Å². The van der Waals surface area contributed by atoms with E-state index in [2.05, 4.69) is 16.5 Å². The average molecular weight is 313 g/mol. The van der Waals surface area contributed by atoms with Gasteiger partial charge in [0.05, 0.1) is 11.8 Å². The van der Waals surface area contributed by atoms with Gasteiger partial charge in [-0.3, -0.25) is 4.79 Å². The van der Waals surface area contributed by atoms with E-state index in [1.165, 1.54) is 37.0 Å². The van der Waals surface area contributed by atoms with Crippen molar-refractivity contribution in [2.75, 3.05) is 13.1 Å². The number of carbonyl (C=O) groups excluding carboxylic acids is 1.